The van der Waals surface area contributed by atoms with Crippen LogP contribution in [-0.2, 0) is 13.1 Å². The molecule has 9 nitrogen and oxygen atoms in total. The summed E-state index contributed by atoms with van der Waals surface area (Å²) in [6.07, 6.45) is 8.40. The molecule has 0 aliphatic carbocycles. The largest absolute Gasteiger partial charge is 0.494 e. The average molecular weight is 527 g/mol. The third-order valence-electron chi connectivity index (χ3n) is 7.92. The summed E-state index contributed by atoms with van der Waals surface area (Å²) in [6, 6.07) is 12.1. The number of carbonyl (C=O) groups excluding carboxylic acids is 1. The maximum Gasteiger partial charge on any atom is 0.254 e. The fourth-order valence-electron chi connectivity index (χ4n) is 6.14. The molecule has 1 amide bonds. The van der Waals surface area contributed by atoms with Crippen molar-refractivity contribution in [2.75, 3.05) is 44.8 Å². The lowest BCUT2D eigenvalue weighted by Crippen LogP contribution is -2.45. The van der Waals surface area contributed by atoms with E-state index in [1.165, 1.54) is 0 Å². The topological polar surface area (TPSA) is 102 Å². The monoisotopic (exact) mass is 526 g/mol. The van der Waals surface area contributed by atoms with E-state index in [0.717, 1.165) is 72.5 Å². The zero-order valence-corrected chi connectivity index (χ0v) is 22.3. The molecule has 4 heterocycles. The molecule has 39 heavy (non-hydrogen) atoms. The minimum atomic E-state index is -0.0606. The number of nitrogens with zero attached hydrogens (tertiary/aromatic N) is 5. The van der Waals surface area contributed by atoms with Gasteiger partial charge in [-0.25, -0.2) is 4.98 Å². The highest BCUT2D eigenvalue weighted by Gasteiger charge is 2.28. The van der Waals surface area contributed by atoms with E-state index in [2.05, 4.69) is 39.7 Å². The summed E-state index contributed by atoms with van der Waals surface area (Å²) >= 11 is 0. The third-order valence-corrected chi connectivity index (χ3v) is 7.92. The maximum atomic E-state index is 13.4. The van der Waals surface area contributed by atoms with E-state index in [1.54, 1.807) is 13.2 Å². The van der Waals surface area contributed by atoms with E-state index in [1.807, 2.05) is 15.5 Å². The number of methoxy groups -OCH3 is 1. The number of carbonyl (C=O) groups is 1. The number of likely N-dealkylation sites (tertiary alicyclic amines) is 1. The highest BCUT2D eigenvalue weighted by molar-refractivity contribution is 6.01. The van der Waals surface area contributed by atoms with Gasteiger partial charge >= 0.3 is 0 Å². The Bertz CT molecular complexity index is 1600. The minimum absolute atomic E-state index is 0.000278. The second kappa shape index (κ2) is 10.3. The highest BCUT2D eigenvalue weighted by Crippen LogP contribution is 2.39. The van der Waals surface area contributed by atoms with Gasteiger partial charge in [-0.05, 0) is 43.5 Å². The molecule has 2 aliphatic rings. The highest BCUT2D eigenvalue weighted by atomic mass is 16.5. The molecule has 0 saturated carbocycles. The zero-order valence-electron chi connectivity index (χ0n) is 22.3. The number of hydrogen-bond acceptors (Lipinski definition) is 6. The number of anilines is 1. The van der Waals surface area contributed by atoms with Gasteiger partial charge in [0.1, 0.15) is 11.3 Å². The van der Waals surface area contributed by atoms with E-state index in [9.17, 15) is 9.90 Å². The molecule has 2 aromatic heterocycles. The number of rotatable bonds is 7. The number of hydrogen-bond donors (Lipinski definition) is 2. The van der Waals surface area contributed by atoms with E-state index in [-0.39, 0.29) is 18.6 Å². The standard InChI is InChI=1S/C30H34N6O3/c1-3-10-36-28-23(16-21(18-26(28)39-2)30(38)34-11-5-8-22(31)19-34)32-29(36)25-17-20-7-4-9-24-27(20)35(25)14-13-33(24)12-6-15-37/h1,4,7,9,16-18,22,37H,5-6,8,10-15,19,31H2,2H3. The van der Waals surface area contributed by atoms with Crippen molar-refractivity contribution in [2.24, 2.45) is 5.73 Å². The third kappa shape index (κ3) is 4.30. The van der Waals surface area contributed by atoms with Gasteiger partial charge in [-0.3, -0.25) is 4.79 Å². The van der Waals surface area contributed by atoms with Crippen molar-refractivity contribution in [3.63, 3.8) is 0 Å². The van der Waals surface area contributed by atoms with Crippen molar-refractivity contribution >= 4 is 33.5 Å². The normalized spacial score (nSPS) is 17.1. The molecule has 1 atom stereocenters. The van der Waals surface area contributed by atoms with Crippen LogP contribution < -0.4 is 15.4 Å². The second-order valence-electron chi connectivity index (χ2n) is 10.4. The van der Waals surface area contributed by atoms with Crippen LogP contribution in [0.1, 0.15) is 29.6 Å². The quantitative estimate of drug-likeness (QED) is 0.359. The van der Waals surface area contributed by atoms with Gasteiger partial charge < -0.3 is 34.5 Å². The van der Waals surface area contributed by atoms with Crippen LogP contribution in [-0.4, -0.2) is 76.0 Å². The summed E-state index contributed by atoms with van der Waals surface area (Å²) in [5.41, 5.74) is 11.4. The van der Waals surface area contributed by atoms with Gasteiger partial charge in [0.25, 0.3) is 5.91 Å². The number of terminal acetylenes is 1. The van der Waals surface area contributed by atoms with Crippen LogP contribution in [0.15, 0.2) is 36.4 Å². The molecule has 0 spiro atoms. The van der Waals surface area contributed by atoms with Crippen molar-refractivity contribution in [3.8, 4) is 29.6 Å². The van der Waals surface area contributed by atoms with Gasteiger partial charge in [0, 0.05) is 56.3 Å². The number of aromatic nitrogens is 3. The number of ether oxygens (including phenoxy) is 1. The summed E-state index contributed by atoms with van der Waals surface area (Å²) in [5.74, 6) is 4.03. The SMILES string of the molecule is C#CCn1c(-c2cc3cccc4c3n2CCN4CCCO)nc2cc(C(=O)N3CCCC(N)C3)cc(OC)c21. The fraction of sp³-hybridized carbons (Fsp3) is 0.400. The molecule has 0 radical (unpaired) electrons. The summed E-state index contributed by atoms with van der Waals surface area (Å²) in [5, 5.41) is 10.5. The first-order valence-corrected chi connectivity index (χ1v) is 13.6. The number of fused-ring (bicyclic) bond motifs is 1. The molecule has 0 bridgehead atoms. The van der Waals surface area contributed by atoms with Crippen LogP contribution in [0.3, 0.4) is 0 Å². The molecule has 2 aromatic carbocycles. The Balaban J connectivity index is 1.49. The molecule has 6 rings (SSSR count). The Morgan fingerprint density at radius 3 is 2.87 bits per heavy atom. The number of aliphatic hydroxyl groups is 1. The molecule has 1 saturated heterocycles. The van der Waals surface area contributed by atoms with E-state index in [0.29, 0.717) is 36.5 Å². The molecule has 2 aliphatic heterocycles. The Morgan fingerprint density at radius 1 is 1.23 bits per heavy atom. The molecular formula is C30H34N6O3. The van der Waals surface area contributed by atoms with Crippen LogP contribution in [0.25, 0.3) is 33.5 Å². The number of aliphatic hydroxyl groups excluding tert-OH is 1. The average Bonchev–Trinajstić information content (AvgIpc) is 3.51. The van der Waals surface area contributed by atoms with Crippen molar-refractivity contribution in [1.82, 2.24) is 19.0 Å². The molecular weight excluding hydrogens is 492 g/mol. The van der Waals surface area contributed by atoms with Crippen molar-refractivity contribution in [2.45, 2.75) is 38.4 Å². The molecule has 3 N–H and O–H groups in total. The number of piperidine rings is 1. The number of nitrogens with two attached hydrogens (primary N) is 1. The van der Waals surface area contributed by atoms with Gasteiger partial charge in [0.15, 0.2) is 5.82 Å². The van der Waals surface area contributed by atoms with Crippen LogP contribution in [0, 0.1) is 12.3 Å². The summed E-state index contributed by atoms with van der Waals surface area (Å²) in [6.45, 7) is 4.16. The molecule has 4 aromatic rings. The van der Waals surface area contributed by atoms with Gasteiger partial charge in [-0.15, -0.1) is 6.42 Å². The van der Waals surface area contributed by atoms with E-state index >= 15 is 0 Å². The Morgan fingerprint density at radius 2 is 2.10 bits per heavy atom. The molecule has 202 valence electrons. The molecule has 9 heteroatoms. The first-order valence-electron chi connectivity index (χ1n) is 13.6. The van der Waals surface area contributed by atoms with Gasteiger partial charge in [0.05, 0.1) is 36.1 Å². The summed E-state index contributed by atoms with van der Waals surface area (Å²) in [7, 11) is 1.61. The number of imidazole rings is 1. The Kier molecular flexibility index (Phi) is 6.67. The second-order valence-corrected chi connectivity index (χ2v) is 10.4. The lowest BCUT2D eigenvalue weighted by molar-refractivity contribution is 0.0708. The van der Waals surface area contributed by atoms with Crippen molar-refractivity contribution in [1.29, 1.82) is 0 Å². The summed E-state index contributed by atoms with van der Waals surface area (Å²) < 4.78 is 10.1. The van der Waals surface area contributed by atoms with Crippen LogP contribution in [0.4, 0.5) is 5.69 Å². The molecule has 1 unspecified atom stereocenters. The van der Waals surface area contributed by atoms with Crippen LogP contribution in [0.2, 0.25) is 0 Å². The van der Waals surface area contributed by atoms with Crippen molar-refractivity contribution < 1.29 is 14.6 Å². The van der Waals surface area contributed by atoms with Gasteiger partial charge in [-0.1, -0.05) is 18.1 Å². The molecule has 1 fully saturated rings. The predicted octanol–water partition coefficient (Wildman–Crippen LogP) is 3.07. The maximum absolute atomic E-state index is 13.4. The zero-order chi connectivity index (χ0) is 27.1. The van der Waals surface area contributed by atoms with Crippen LogP contribution >= 0.6 is 0 Å². The van der Waals surface area contributed by atoms with Gasteiger partial charge in [-0.2, -0.15) is 0 Å². The van der Waals surface area contributed by atoms with E-state index in [4.69, 9.17) is 21.9 Å². The van der Waals surface area contributed by atoms with Gasteiger partial charge in [0.2, 0.25) is 0 Å². The minimum Gasteiger partial charge on any atom is -0.494 e. The Hall–Kier alpha value is -4.00. The lowest BCUT2D eigenvalue weighted by atomic mass is 10.0. The van der Waals surface area contributed by atoms with Crippen molar-refractivity contribution in [3.05, 3.63) is 42.0 Å². The number of para-hydroxylation sites is 1. The first-order chi connectivity index (χ1) is 19.0. The predicted molar refractivity (Wildman–Crippen MR) is 153 cm³/mol. The number of benzene rings is 2. The van der Waals surface area contributed by atoms with E-state index < -0.39 is 0 Å². The summed E-state index contributed by atoms with van der Waals surface area (Å²) in [4.78, 5) is 22.7. The lowest BCUT2D eigenvalue weighted by Gasteiger charge is -2.31. The Labute approximate surface area is 227 Å². The number of amides is 1. The first kappa shape index (κ1) is 25.3. The fourth-order valence-corrected chi connectivity index (χ4v) is 6.14. The smallest absolute Gasteiger partial charge is 0.254 e. The van der Waals surface area contributed by atoms with Crippen LogP contribution in [0.5, 0.6) is 5.75 Å².